The van der Waals surface area contributed by atoms with Gasteiger partial charge in [-0.25, -0.2) is 9.98 Å². The van der Waals surface area contributed by atoms with Gasteiger partial charge >= 0.3 is 0 Å². The number of hydrogen-bond donors (Lipinski definition) is 4. The Bertz CT molecular complexity index is 1410. The molecule has 40 heavy (non-hydrogen) atoms. The molecule has 0 bridgehead atoms. The summed E-state index contributed by atoms with van der Waals surface area (Å²) in [4.78, 5) is 29.0. The zero-order chi connectivity index (χ0) is 28.9. The molecule has 5 N–H and O–H groups in total. The van der Waals surface area contributed by atoms with Crippen molar-refractivity contribution < 1.29 is 9.53 Å². The fourth-order valence-corrected chi connectivity index (χ4v) is 4.34. The molecule has 1 saturated heterocycles. The number of anilines is 2. The number of nitrogens with two attached hydrogens (primary N) is 1. The average Bonchev–Trinajstić information content (AvgIpc) is 2.94. The second-order valence-electron chi connectivity index (χ2n) is 10.6. The van der Waals surface area contributed by atoms with Crippen LogP contribution in [-0.4, -0.2) is 62.0 Å². The molecule has 2 aromatic rings. The monoisotopic (exact) mass is 542 g/mol. The van der Waals surface area contributed by atoms with Crippen molar-refractivity contribution in [2.45, 2.75) is 33.1 Å². The second kappa shape index (κ2) is 12.2. The first kappa shape index (κ1) is 28.6. The number of guanidine groups is 1. The van der Waals surface area contributed by atoms with E-state index in [2.05, 4.69) is 58.2 Å². The normalized spacial score (nSPS) is 17.8. The lowest BCUT2D eigenvalue weighted by Crippen LogP contribution is -2.46. The molecule has 0 aromatic heterocycles. The Kier molecular flexibility index (Phi) is 8.69. The minimum absolute atomic E-state index is 0.0808. The quantitative estimate of drug-likeness (QED) is 0.436. The summed E-state index contributed by atoms with van der Waals surface area (Å²) < 4.78 is 5.50. The SMILES string of the molecule is C=C/N=C1/C=NC(N2CCNCC2)=N/C1=C(/N)Nc1cc(C(=O)Nc2cc(C(C)(C)C)ccc2OC)ccc1C. The molecule has 1 amide bonds. The molecule has 2 aromatic carbocycles. The minimum Gasteiger partial charge on any atom is -0.495 e. The number of benzene rings is 2. The highest BCUT2D eigenvalue weighted by Gasteiger charge is 2.22. The van der Waals surface area contributed by atoms with Crippen molar-refractivity contribution in [3.63, 3.8) is 0 Å². The number of methoxy groups -OCH3 is 1. The largest absolute Gasteiger partial charge is 0.495 e. The van der Waals surface area contributed by atoms with Gasteiger partial charge in [0.1, 0.15) is 23.0 Å². The first-order chi connectivity index (χ1) is 19.1. The van der Waals surface area contributed by atoms with Gasteiger partial charge in [-0.1, -0.05) is 39.5 Å². The summed E-state index contributed by atoms with van der Waals surface area (Å²) in [5.41, 5.74) is 11.2. The molecule has 0 aliphatic carbocycles. The number of allylic oxidation sites excluding steroid dienone is 1. The Balaban J connectivity index is 1.62. The molecule has 0 unspecified atom stereocenters. The van der Waals surface area contributed by atoms with Gasteiger partial charge in [-0.3, -0.25) is 9.79 Å². The Morgan fingerprint density at radius 3 is 2.58 bits per heavy atom. The fraction of sp³-hybridized carbons (Fsp3) is 0.333. The van der Waals surface area contributed by atoms with Gasteiger partial charge in [-0.05, 0) is 47.7 Å². The van der Waals surface area contributed by atoms with Crippen molar-refractivity contribution in [3.8, 4) is 5.75 Å². The standard InChI is InChI=1S/C30H38N8O2/c1-7-33-24-18-34-29(38-14-12-32-13-15-38)37-26(24)27(31)35-22-16-20(9-8-19(22)2)28(39)36-23-17-21(30(3,4)5)10-11-25(23)40-6/h7-11,16-18,32,35H,1,12-15,31H2,2-6H3,(H,36,39)/b27-26-,33-24-. The van der Waals surface area contributed by atoms with Crippen LogP contribution in [0.4, 0.5) is 11.4 Å². The molecular weight excluding hydrogens is 504 g/mol. The lowest BCUT2D eigenvalue weighted by Gasteiger charge is -2.29. The molecule has 210 valence electrons. The summed E-state index contributed by atoms with van der Waals surface area (Å²) in [6, 6.07) is 11.2. The topological polar surface area (TPSA) is 129 Å². The molecule has 0 spiro atoms. The van der Waals surface area contributed by atoms with E-state index in [-0.39, 0.29) is 11.3 Å². The van der Waals surface area contributed by atoms with E-state index < -0.39 is 0 Å². The van der Waals surface area contributed by atoms with Crippen molar-refractivity contribution in [1.82, 2.24) is 10.2 Å². The van der Waals surface area contributed by atoms with E-state index >= 15 is 0 Å². The minimum atomic E-state index is -0.267. The van der Waals surface area contributed by atoms with Crippen molar-refractivity contribution in [2.75, 3.05) is 43.9 Å². The van der Waals surface area contributed by atoms with Crippen LogP contribution in [-0.2, 0) is 5.41 Å². The van der Waals surface area contributed by atoms with Crippen LogP contribution >= 0.6 is 0 Å². The maximum Gasteiger partial charge on any atom is 0.255 e. The Morgan fingerprint density at radius 1 is 1.15 bits per heavy atom. The molecule has 2 heterocycles. The molecule has 4 rings (SSSR count). The molecule has 0 radical (unpaired) electrons. The van der Waals surface area contributed by atoms with Crippen LogP contribution in [0.1, 0.15) is 42.3 Å². The zero-order valence-electron chi connectivity index (χ0n) is 23.8. The number of carbonyl (C=O) groups is 1. The van der Waals surface area contributed by atoms with Crippen LogP contribution in [0.15, 0.2) is 75.7 Å². The number of hydrogen-bond acceptors (Lipinski definition) is 9. The first-order valence-electron chi connectivity index (χ1n) is 13.3. The van der Waals surface area contributed by atoms with Gasteiger partial charge in [-0.2, -0.15) is 0 Å². The number of aryl methyl sites for hydroxylation is 1. The van der Waals surface area contributed by atoms with Crippen molar-refractivity contribution >= 4 is 35.2 Å². The van der Waals surface area contributed by atoms with Crippen LogP contribution in [0, 0.1) is 6.92 Å². The summed E-state index contributed by atoms with van der Waals surface area (Å²) in [6.45, 7) is 15.3. The summed E-state index contributed by atoms with van der Waals surface area (Å²) in [6.07, 6.45) is 3.07. The van der Waals surface area contributed by atoms with Crippen LogP contribution in [0.2, 0.25) is 0 Å². The summed E-state index contributed by atoms with van der Waals surface area (Å²) in [5, 5.41) is 9.57. The molecule has 2 aliphatic rings. The van der Waals surface area contributed by atoms with Gasteiger partial charge in [0.25, 0.3) is 5.91 Å². The maximum atomic E-state index is 13.3. The number of aliphatic imine (C=N–C) groups is 3. The second-order valence-corrected chi connectivity index (χ2v) is 10.6. The lowest BCUT2D eigenvalue weighted by atomic mass is 9.87. The smallest absolute Gasteiger partial charge is 0.255 e. The Labute approximate surface area is 235 Å². The third-order valence-electron chi connectivity index (χ3n) is 6.72. The number of amides is 1. The highest BCUT2D eigenvalue weighted by atomic mass is 16.5. The van der Waals surface area contributed by atoms with Crippen LogP contribution < -0.4 is 26.4 Å². The lowest BCUT2D eigenvalue weighted by molar-refractivity contribution is 0.102. The molecule has 0 saturated carbocycles. The van der Waals surface area contributed by atoms with E-state index in [0.29, 0.717) is 45.9 Å². The van der Waals surface area contributed by atoms with Gasteiger partial charge in [0, 0.05) is 43.6 Å². The summed E-state index contributed by atoms with van der Waals surface area (Å²) in [7, 11) is 1.59. The van der Waals surface area contributed by atoms with Gasteiger partial charge in [-0.15, -0.1) is 0 Å². The highest BCUT2D eigenvalue weighted by molar-refractivity contribution is 6.41. The number of piperazine rings is 1. The molecule has 10 heteroatoms. The molecule has 1 fully saturated rings. The van der Waals surface area contributed by atoms with Crippen LogP contribution in [0.3, 0.4) is 0 Å². The van der Waals surface area contributed by atoms with E-state index in [4.69, 9.17) is 15.5 Å². The first-order valence-corrected chi connectivity index (χ1v) is 13.3. The maximum absolute atomic E-state index is 13.3. The third kappa shape index (κ3) is 6.58. The third-order valence-corrected chi connectivity index (χ3v) is 6.72. The average molecular weight is 543 g/mol. The zero-order valence-corrected chi connectivity index (χ0v) is 23.8. The van der Waals surface area contributed by atoms with Crippen molar-refractivity contribution in [3.05, 3.63) is 77.4 Å². The Morgan fingerprint density at radius 2 is 1.90 bits per heavy atom. The van der Waals surface area contributed by atoms with E-state index in [9.17, 15) is 4.79 Å². The van der Waals surface area contributed by atoms with Crippen LogP contribution in [0.5, 0.6) is 5.75 Å². The van der Waals surface area contributed by atoms with E-state index in [1.807, 2.05) is 31.2 Å². The number of nitrogens with one attached hydrogen (secondary N) is 3. The van der Waals surface area contributed by atoms with Gasteiger partial charge in [0.15, 0.2) is 0 Å². The Hall–Kier alpha value is -4.44. The van der Waals surface area contributed by atoms with E-state index in [0.717, 1.165) is 37.3 Å². The fourth-order valence-electron chi connectivity index (χ4n) is 4.34. The predicted molar refractivity (Wildman–Crippen MR) is 164 cm³/mol. The van der Waals surface area contributed by atoms with Crippen LogP contribution in [0.25, 0.3) is 0 Å². The molecule has 2 aliphatic heterocycles. The summed E-state index contributed by atoms with van der Waals surface area (Å²) >= 11 is 0. The number of carbonyl (C=O) groups excluding carboxylic acids is 1. The van der Waals surface area contributed by atoms with E-state index in [1.165, 1.54) is 6.20 Å². The van der Waals surface area contributed by atoms with E-state index in [1.54, 1.807) is 25.5 Å². The molecule has 10 nitrogen and oxygen atoms in total. The molecule has 0 atom stereocenters. The highest BCUT2D eigenvalue weighted by Crippen LogP contribution is 2.32. The number of rotatable bonds is 6. The van der Waals surface area contributed by atoms with Crippen molar-refractivity contribution in [2.24, 2.45) is 20.7 Å². The number of nitrogens with zero attached hydrogens (tertiary/aromatic N) is 4. The van der Waals surface area contributed by atoms with Gasteiger partial charge in [0.2, 0.25) is 5.96 Å². The van der Waals surface area contributed by atoms with Gasteiger partial charge < -0.3 is 31.3 Å². The van der Waals surface area contributed by atoms with Crippen molar-refractivity contribution in [1.29, 1.82) is 0 Å². The van der Waals surface area contributed by atoms with Gasteiger partial charge in [0.05, 0.1) is 19.0 Å². The number of ether oxygens (including phenoxy) is 1. The summed E-state index contributed by atoms with van der Waals surface area (Å²) in [5.74, 6) is 1.20. The molecular formula is C30H38N8O2. The predicted octanol–water partition coefficient (Wildman–Crippen LogP) is 4.02.